The number of carbonyl (C=O) groups is 2. The molecule has 0 radical (unpaired) electrons. The molecule has 0 saturated heterocycles. The Kier molecular flexibility index (Phi) is 7.54. The van der Waals surface area contributed by atoms with Crippen LogP contribution in [-0.4, -0.2) is 33.1 Å². The molecule has 0 unspecified atom stereocenters. The first-order valence-corrected chi connectivity index (χ1v) is 10.00. The van der Waals surface area contributed by atoms with Crippen molar-refractivity contribution >= 4 is 35.0 Å². The van der Waals surface area contributed by atoms with Crippen molar-refractivity contribution in [3.63, 3.8) is 0 Å². The first kappa shape index (κ1) is 23.2. The molecule has 0 saturated carbocycles. The number of nitrogens with two attached hydrogens (primary N) is 1. The number of ether oxygens (including phenoxy) is 3. The number of hydrogen-bond acceptors (Lipinski definition) is 6. The van der Waals surface area contributed by atoms with Gasteiger partial charge in [-0.3, -0.25) is 9.59 Å². The highest BCUT2D eigenvalue weighted by Gasteiger charge is 2.14. The van der Waals surface area contributed by atoms with E-state index >= 15 is 0 Å². The van der Waals surface area contributed by atoms with Crippen molar-refractivity contribution in [2.24, 2.45) is 0 Å². The van der Waals surface area contributed by atoms with Gasteiger partial charge in [-0.2, -0.15) is 0 Å². The molecule has 4 N–H and O–H groups in total. The fourth-order valence-corrected chi connectivity index (χ4v) is 3.06. The van der Waals surface area contributed by atoms with Gasteiger partial charge in [0.05, 0.1) is 32.7 Å². The van der Waals surface area contributed by atoms with Gasteiger partial charge in [-0.15, -0.1) is 0 Å². The SMILES string of the molecule is COc1cc(NC(=O)C=Cc2ccc(C(=O)Nc3ccccc3N)cc2)cc(OC)c1OC. The molecule has 0 atom stereocenters. The Morgan fingerprint density at radius 2 is 1.48 bits per heavy atom. The Bertz CT molecular complexity index is 1150. The van der Waals surface area contributed by atoms with E-state index in [4.69, 9.17) is 19.9 Å². The van der Waals surface area contributed by atoms with Crippen LogP contribution in [0.25, 0.3) is 6.08 Å². The van der Waals surface area contributed by atoms with Gasteiger partial charge in [0.1, 0.15) is 0 Å². The predicted octanol–water partition coefficient (Wildman–Crippen LogP) is 4.20. The Hall–Kier alpha value is -4.46. The summed E-state index contributed by atoms with van der Waals surface area (Å²) in [5, 5.41) is 5.53. The van der Waals surface area contributed by atoms with E-state index in [0.717, 1.165) is 5.56 Å². The molecule has 0 heterocycles. The number of rotatable bonds is 8. The molecule has 0 aliphatic carbocycles. The Morgan fingerprint density at radius 3 is 2.06 bits per heavy atom. The van der Waals surface area contributed by atoms with Crippen molar-refractivity contribution in [1.29, 1.82) is 0 Å². The Morgan fingerprint density at radius 1 is 0.848 bits per heavy atom. The van der Waals surface area contributed by atoms with Crippen LogP contribution in [0, 0.1) is 0 Å². The molecule has 0 spiro atoms. The van der Waals surface area contributed by atoms with Gasteiger partial charge >= 0.3 is 0 Å². The maximum atomic E-state index is 12.4. The summed E-state index contributed by atoms with van der Waals surface area (Å²) in [6, 6.07) is 17.1. The van der Waals surface area contributed by atoms with Crippen molar-refractivity contribution in [3.05, 3.63) is 77.9 Å². The molecule has 8 heteroatoms. The second-order valence-electron chi connectivity index (χ2n) is 6.90. The van der Waals surface area contributed by atoms with Crippen LogP contribution in [0.3, 0.4) is 0 Å². The van der Waals surface area contributed by atoms with E-state index in [2.05, 4.69) is 10.6 Å². The fourth-order valence-electron chi connectivity index (χ4n) is 3.06. The molecule has 8 nitrogen and oxygen atoms in total. The van der Waals surface area contributed by atoms with Crippen LogP contribution in [0.1, 0.15) is 15.9 Å². The molecule has 0 fully saturated rings. The minimum absolute atomic E-state index is 0.274. The zero-order valence-corrected chi connectivity index (χ0v) is 18.5. The molecule has 0 aliphatic heterocycles. The number of nitrogens with one attached hydrogen (secondary N) is 2. The van der Waals surface area contributed by atoms with Gasteiger partial charge in [-0.25, -0.2) is 0 Å². The summed E-state index contributed by atoms with van der Waals surface area (Å²) in [5.41, 5.74) is 8.62. The Labute approximate surface area is 192 Å². The molecule has 170 valence electrons. The topological polar surface area (TPSA) is 112 Å². The van der Waals surface area contributed by atoms with Crippen molar-refractivity contribution in [2.75, 3.05) is 37.7 Å². The average molecular weight is 447 g/mol. The zero-order chi connectivity index (χ0) is 23.8. The van der Waals surface area contributed by atoms with E-state index in [1.54, 1.807) is 66.7 Å². The number of hydrogen-bond donors (Lipinski definition) is 3. The third-order valence-electron chi connectivity index (χ3n) is 4.74. The number of methoxy groups -OCH3 is 3. The highest BCUT2D eigenvalue weighted by Crippen LogP contribution is 2.39. The van der Waals surface area contributed by atoms with E-state index in [-0.39, 0.29) is 11.8 Å². The Balaban J connectivity index is 1.65. The molecular formula is C25H25N3O5. The van der Waals surface area contributed by atoms with Crippen LogP contribution >= 0.6 is 0 Å². The lowest BCUT2D eigenvalue weighted by Crippen LogP contribution is -2.13. The number of para-hydroxylation sites is 2. The highest BCUT2D eigenvalue weighted by atomic mass is 16.5. The quantitative estimate of drug-likeness (QED) is 0.352. The standard InChI is InChI=1S/C25H25N3O5/c1-31-21-14-18(15-22(32-2)24(21)33-3)27-23(29)13-10-16-8-11-17(12-9-16)25(30)28-20-7-5-4-6-19(20)26/h4-15H,26H2,1-3H3,(H,27,29)(H,28,30). The van der Waals surface area contributed by atoms with Gasteiger partial charge in [0.15, 0.2) is 11.5 Å². The monoisotopic (exact) mass is 447 g/mol. The van der Waals surface area contributed by atoms with Gasteiger partial charge in [0.2, 0.25) is 11.7 Å². The largest absolute Gasteiger partial charge is 0.493 e. The van der Waals surface area contributed by atoms with Gasteiger partial charge in [-0.05, 0) is 35.9 Å². The molecule has 3 rings (SSSR count). The molecular weight excluding hydrogens is 422 g/mol. The van der Waals surface area contributed by atoms with E-state index in [1.165, 1.54) is 27.4 Å². The van der Waals surface area contributed by atoms with Gasteiger partial charge in [0, 0.05) is 29.5 Å². The molecule has 0 bridgehead atoms. The van der Waals surface area contributed by atoms with Crippen molar-refractivity contribution < 1.29 is 23.8 Å². The average Bonchev–Trinajstić information content (AvgIpc) is 2.83. The summed E-state index contributed by atoms with van der Waals surface area (Å²) in [7, 11) is 4.51. The minimum Gasteiger partial charge on any atom is -0.493 e. The minimum atomic E-state index is -0.342. The molecule has 3 aromatic carbocycles. The molecule has 0 aliphatic rings. The van der Waals surface area contributed by atoms with Crippen molar-refractivity contribution in [1.82, 2.24) is 0 Å². The van der Waals surface area contributed by atoms with E-state index in [1.807, 2.05) is 0 Å². The lowest BCUT2D eigenvalue weighted by Gasteiger charge is -2.14. The van der Waals surface area contributed by atoms with E-state index in [0.29, 0.717) is 39.9 Å². The van der Waals surface area contributed by atoms with E-state index < -0.39 is 0 Å². The van der Waals surface area contributed by atoms with Crippen molar-refractivity contribution in [3.8, 4) is 17.2 Å². The third kappa shape index (κ3) is 5.82. The summed E-state index contributed by atoms with van der Waals surface area (Å²) in [5.74, 6) is 0.686. The second kappa shape index (κ2) is 10.7. The van der Waals surface area contributed by atoms with Crippen LogP contribution in [0.2, 0.25) is 0 Å². The van der Waals surface area contributed by atoms with Crippen LogP contribution in [0.4, 0.5) is 17.1 Å². The number of benzene rings is 3. The molecule has 2 amide bonds. The van der Waals surface area contributed by atoms with Crippen LogP contribution in [0.15, 0.2) is 66.7 Å². The maximum Gasteiger partial charge on any atom is 0.255 e. The van der Waals surface area contributed by atoms with E-state index in [9.17, 15) is 9.59 Å². The predicted molar refractivity (Wildman–Crippen MR) is 129 cm³/mol. The molecule has 3 aromatic rings. The third-order valence-corrected chi connectivity index (χ3v) is 4.74. The lowest BCUT2D eigenvalue weighted by atomic mass is 10.1. The van der Waals surface area contributed by atoms with Gasteiger partial charge < -0.3 is 30.6 Å². The van der Waals surface area contributed by atoms with Crippen LogP contribution < -0.4 is 30.6 Å². The molecule has 33 heavy (non-hydrogen) atoms. The number of anilines is 3. The summed E-state index contributed by atoms with van der Waals surface area (Å²) in [6.07, 6.45) is 3.03. The summed E-state index contributed by atoms with van der Waals surface area (Å²) < 4.78 is 15.9. The first-order chi connectivity index (χ1) is 15.9. The van der Waals surface area contributed by atoms with Gasteiger partial charge in [-0.1, -0.05) is 24.3 Å². The highest BCUT2D eigenvalue weighted by molar-refractivity contribution is 6.06. The number of amides is 2. The second-order valence-corrected chi connectivity index (χ2v) is 6.90. The molecule has 0 aromatic heterocycles. The van der Waals surface area contributed by atoms with Crippen LogP contribution in [0.5, 0.6) is 17.2 Å². The summed E-state index contributed by atoms with van der Waals surface area (Å²) in [6.45, 7) is 0. The van der Waals surface area contributed by atoms with Crippen LogP contribution in [-0.2, 0) is 4.79 Å². The number of nitrogen functional groups attached to an aromatic ring is 1. The van der Waals surface area contributed by atoms with Gasteiger partial charge in [0.25, 0.3) is 5.91 Å². The fraction of sp³-hybridized carbons (Fsp3) is 0.120. The lowest BCUT2D eigenvalue weighted by molar-refractivity contribution is -0.111. The maximum absolute atomic E-state index is 12.4. The van der Waals surface area contributed by atoms with Crippen molar-refractivity contribution in [2.45, 2.75) is 0 Å². The summed E-state index contributed by atoms with van der Waals surface area (Å²) >= 11 is 0. The number of carbonyl (C=O) groups excluding carboxylic acids is 2. The normalized spacial score (nSPS) is 10.5. The first-order valence-electron chi connectivity index (χ1n) is 10.00. The summed E-state index contributed by atoms with van der Waals surface area (Å²) in [4.78, 5) is 24.8. The smallest absolute Gasteiger partial charge is 0.255 e. The zero-order valence-electron chi connectivity index (χ0n) is 18.5.